The molecule has 1 unspecified atom stereocenters. The summed E-state index contributed by atoms with van der Waals surface area (Å²) in [5, 5.41) is 3.60. The summed E-state index contributed by atoms with van der Waals surface area (Å²) in [6.45, 7) is 9.88. The van der Waals surface area contributed by atoms with Crippen LogP contribution in [0.4, 0.5) is 0 Å². The first-order valence-corrected chi connectivity index (χ1v) is 7.34. The van der Waals surface area contributed by atoms with E-state index in [0.717, 1.165) is 13.0 Å². The highest BCUT2D eigenvalue weighted by Crippen LogP contribution is 2.19. The maximum Gasteiger partial charge on any atom is 0.0623 e. The fourth-order valence-electron chi connectivity index (χ4n) is 2.08. The molecule has 1 atom stereocenters. The zero-order valence-corrected chi connectivity index (χ0v) is 12.6. The average molecular weight is 243 g/mol. The van der Waals surface area contributed by atoms with Crippen molar-refractivity contribution in [2.45, 2.75) is 84.3 Å². The molecule has 0 spiro atoms. The van der Waals surface area contributed by atoms with Crippen LogP contribution in [0.3, 0.4) is 0 Å². The third-order valence-electron chi connectivity index (χ3n) is 3.55. The van der Waals surface area contributed by atoms with Crippen LogP contribution < -0.4 is 5.32 Å². The number of rotatable bonds is 11. The number of hydrogen-bond donors (Lipinski definition) is 1. The molecule has 0 rings (SSSR count). The van der Waals surface area contributed by atoms with Crippen LogP contribution in [-0.2, 0) is 4.74 Å². The zero-order valence-electron chi connectivity index (χ0n) is 12.6. The standard InChI is InChI=1S/C15H33NO/c1-6-8-9-10-11-14(16-7-2)12-13-15(3,4)17-5/h14,16H,6-13H2,1-5H3. The van der Waals surface area contributed by atoms with Gasteiger partial charge in [-0.15, -0.1) is 0 Å². The van der Waals surface area contributed by atoms with E-state index in [4.69, 9.17) is 4.74 Å². The van der Waals surface area contributed by atoms with E-state index in [9.17, 15) is 0 Å². The zero-order chi connectivity index (χ0) is 13.1. The van der Waals surface area contributed by atoms with Crippen LogP contribution >= 0.6 is 0 Å². The largest absolute Gasteiger partial charge is 0.379 e. The molecule has 0 bridgehead atoms. The second-order valence-electron chi connectivity index (χ2n) is 5.61. The van der Waals surface area contributed by atoms with Crippen molar-refractivity contribution in [2.24, 2.45) is 0 Å². The molecule has 0 saturated heterocycles. The van der Waals surface area contributed by atoms with Gasteiger partial charge >= 0.3 is 0 Å². The molecule has 0 aliphatic carbocycles. The predicted molar refractivity (Wildman–Crippen MR) is 76.5 cm³/mol. The van der Waals surface area contributed by atoms with Gasteiger partial charge in [-0.05, 0) is 39.7 Å². The molecule has 2 nitrogen and oxygen atoms in total. The quantitative estimate of drug-likeness (QED) is 0.551. The highest BCUT2D eigenvalue weighted by molar-refractivity contribution is 4.74. The lowest BCUT2D eigenvalue weighted by Crippen LogP contribution is -2.32. The van der Waals surface area contributed by atoms with Crippen molar-refractivity contribution >= 4 is 0 Å². The molecule has 0 aromatic rings. The van der Waals surface area contributed by atoms with Crippen molar-refractivity contribution in [3.05, 3.63) is 0 Å². The molecule has 0 amide bonds. The molecule has 0 heterocycles. The van der Waals surface area contributed by atoms with Crippen LogP contribution in [-0.4, -0.2) is 25.3 Å². The topological polar surface area (TPSA) is 21.3 Å². The Labute approximate surface area is 109 Å². The minimum absolute atomic E-state index is 0.0249. The Bertz CT molecular complexity index is 168. The van der Waals surface area contributed by atoms with E-state index in [0.29, 0.717) is 6.04 Å². The minimum Gasteiger partial charge on any atom is -0.379 e. The fourth-order valence-corrected chi connectivity index (χ4v) is 2.08. The molecule has 0 aromatic carbocycles. The van der Waals surface area contributed by atoms with Crippen LogP contribution in [0.2, 0.25) is 0 Å². The molecule has 104 valence electrons. The summed E-state index contributed by atoms with van der Waals surface area (Å²) in [5.74, 6) is 0. The van der Waals surface area contributed by atoms with Gasteiger partial charge in [0.2, 0.25) is 0 Å². The monoisotopic (exact) mass is 243 g/mol. The second-order valence-corrected chi connectivity index (χ2v) is 5.61. The van der Waals surface area contributed by atoms with Crippen molar-refractivity contribution in [1.82, 2.24) is 5.32 Å². The van der Waals surface area contributed by atoms with E-state index >= 15 is 0 Å². The predicted octanol–water partition coefficient (Wildman–Crippen LogP) is 4.14. The molecule has 1 N–H and O–H groups in total. The Balaban J connectivity index is 3.81. The maximum atomic E-state index is 5.48. The first-order valence-electron chi connectivity index (χ1n) is 7.34. The van der Waals surface area contributed by atoms with Gasteiger partial charge in [-0.2, -0.15) is 0 Å². The lowest BCUT2D eigenvalue weighted by molar-refractivity contribution is 0.0115. The minimum atomic E-state index is 0.0249. The number of methoxy groups -OCH3 is 1. The summed E-state index contributed by atoms with van der Waals surface area (Å²) in [4.78, 5) is 0. The van der Waals surface area contributed by atoms with E-state index < -0.39 is 0 Å². The molecule has 2 heteroatoms. The molecule has 0 radical (unpaired) electrons. The van der Waals surface area contributed by atoms with E-state index in [1.54, 1.807) is 0 Å². The molecule has 0 saturated carbocycles. The molecule has 0 aliphatic rings. The average Bonchev–Trinajstić information content (AvgIpc) is 2.31. The van der Waals surface area contributed by atoms with Crippen LogP contribution in [0.5, 0.6) is 0 Å². The van der Waals surface area contributed by atoms with E-state index in [-0.39, 0.29) is 5.60 Å². The summed E-state index contributed by atoms with van der Waals surface area (Å²) in [6.07, 6.45) is 9.11. The molecule has 0 aliphatic heterocycles. The number of unbranched alkanes of at least 4 members (excludes halogenated alkanes) is 3. The normalized spacial score (nSPS) is 13.9. The SMILES string of the molecule is CCCCCCC(CCC(C)(C)OC)NCC. The van der Waals surface area contributed by atoms with Gasteiger partial charge in [-0.3, -0.25) is 0 Å². The van der Waals surface area contributed by atoms with Crippen molar-refractivity contribution in [1.29, 1.82) is 0 Å². The Kier molecular flexibility index (Phi) is 9.85. The number of ether oxygens (including phenoxy) is 1. The summed E-state index contributed by atoms with van der Waals surface area (Å²) < 4.78 is 5.48. The maximum absolute atomic E-state index is 5.48. The Morgan fingerprint density at radius 3 is 2.29 bits per heavy atom. The number of hydrogen-bond acceptors (Lipinski definition) is 2. The van der Waals surface area contributed by atoms with Crippen LogP contribution in [0.1, 0.15) is 72.6 Å². The lowest BCUT2D eigenvalue weighted by Gasteiger charge is -2.26. The van der Waals surface area contributed by atoms with Crippen LogP contribution in [0, 0.1) is 0 Å². The second kappa shape index (κ2) is 9.90. The van der Waals surface area contributed by atoms with Gasteiger partial charge in [0, 0.05) is 13.2 Å². The highest BCUT2D eigenvalue weighted by atomic mass is 16.5. The van der Waals surface area contributed by atoms with Gasteiger partial charge in [0.25, 0.3) is 0 Å². The molecule has 0 aromatic heterocycles. The third kappa shape index (κ3) is 9.61. The summed E-state index contributed by atoms with van der Waals surface area (Å²) in [7, 11) is 1.81. The van der Waals surface area contributed by atoms with Gasteiger partial charge in [0.1, 0.15) is 0 Å². The van der Waals surface area contributed by atoms with Gasteiger partial charge in [-0.25, -0.2) is 0 Å². The Hall–Kier alpha value is -0.0800. The summed E-state index contributed by atoms with van der Waals surface area (Å²) in [5.41, 5.74) is 0.0249. The summed E-state index contributed by atoms with van der Waals surface area (Å²) in [6, 6.07) is 0.672. The van der Waals surface area contributed by atoms with Gasteiger partial charge in [0.15, 0.2) is 0 Å². The van der Waals surface area contributed by atoms with Crippen molar-refractivity contribution < 1.29 is 4.74 Å². The Morgan fingerprint density at radius 1 is 1.06 bits per heavy atom. The molecular weight excluding hydrogens is 210 g/mol. The lowest BCUT2D eigenvalue weighted by atomic mass is 9.96. The van der Waals surface area contributed by atoms with Gasteiger partial charge < -0.3 is 10.1 Å². The van der Waals surface area contributed by atoms with Crippen molar-refractivity contribution in [2.75, 3.05) is 13.7 Å². The molecular formula is C15H33NO. The van der Waals surface area contributed by atoms with E-state index in [2.05, 4.69) is 33.0 Å². The van der Waals surface area contributed by atoms with Crippen molar-refractivity contribution in [3.8, 4) is 0 Å². The third-order valence-corrected chi connectivity index (χ3v) is 3.55. The smallest absolute Gasteiger partial charge is 0.0623 e. The fraction of sp³-hybridized carbons (Fsp3) is 1.00. The van der Waals surface area contributed by atoms with Crippen LogP contribution in [0.25, 0.3) is 0 Å². The highest BCUT2D eigenvalue weighted by Gasteiger charge is 2.18. The van der Waals surface area contributed by atoms with Gasteiger partial charge in [-0.1, -0.05) is 39.5 Å². The first-order chi connectivity index (χ1) is 8.05. The van der Waals surface area contributed by atoms with E-state index in [1.165, 1.54) is 38.5 Å². The number of nitrogens with one attached hydrogen (secondary N) is 1. The molecule has 0 fully saturated rings. The Morgan fingerprint density at radius 2 is 1.76 bits per heavy atom. The molecule has 17 heavy (non-hydrogen) atoms. The van der Waals surface area contributed by atoms with E-state index in [1.807, 2.05) is 7.11 Å². The van der Waals surface area contributed by atoms with Gasteiger partial charge in [0.05, 0.1) is 5.60 Å². The summed E-state index contributed by atoms with van der Waals surface area (Å²) >= 11 is 0. The van der Waals surface area contributed by atoms with Crippen LogP contribution in [0.15, 0.2) is 0 Å². The van der Waals surface area contributed by atoms with Crippen molar-refractivity contribution in [3.63, 3.8) is 0 Å². The first kappa shape index (κ1) is 16.9.